The molecule has 5 heteroatoms. The fourth-order valence-electron chi connectivity index (χ4n) is 1.45. The molecule has 2 aromatic rings. The molecule has 17 heavy (non-hydrogen) atoms. The quantitative estimate of drug-likeness (QED) is 0.905. The van der Waals surface area contributed by atoms with Gasteiger partial charge in [-0.25, -0.2) is 4.98 Å². The van der Waals surface area contributed by atoms with Crippen molar-refractivity contribution in [1.29, 1.82) is 0 Å². The average Bonchev–Trinajstić information content (AvgIpc) is 2.97. The van der Waals surface area contributed by atoms with Gasteiger partial charge in [0.15, 0.2) is 0 Å². The van der Waals surface area contributed by atoms with Gasteiger partial charge in [0.2, 0.25) is 0 Å². The number of hydrogen-bond acceptors (Lipinski definition) is 5. The van der Waals surface area contributed by atoms with Crippen LogP contribution in [0, 0.1) is 0 Å². The first kappa shape index (κ1) is 12.7. The van der Waals surface area contributed by atoms with Gasteiger partial charge in [-0.15, -0.1) is 11.3 Å². The van der Waals surface area contributed by atoms with Crippen molar-refractivity contribution in [1.82, 2.24) is 9.88 Å². The van der Waals surface area contributed by atoms with Crippen molar-refractivity contribution < 1.29 is 5.11 Å². The van der Waals surface area contributed by atoms with Crippen molar-refractivity contribution >= 4 is 22.7 Å². The molecule has 0 aliphatic heterocycles. The monoisotopic (exact) mass is 268 g/mol. The number of aromatic nitrogens is 1. The summed E-state index contributed by atoms with van der Waals surface area (Å²) in [6.07, 6.45) is 0. The number of rotatable bonds is 5. The molecular formula is C12H16N2OS2. The first-order valence-electron chi connectivity index (χ1n) is 5.48. The highest BCUT2D eigenvalue weighted by atomic mass is 32.1. The van der Waals surface area contributed by atoms with Crippen LogP contribution >= 0.6 is 22.7 Å². The Morgan fingerprint density at radius 3 is 2.94 bits per heavy atom. The summed E-state index contributed by atoms with van der Waals surface area (Å²) in [6, 6.07) is 2.26. The normalized spacial score (nSPS) is 13.2. The molecule has 0 saturated carbocycles. The third-order valence-corrected chi connectivity index (χ3v) is 4.37. The molecule has 3 nitrogen and oxygen atoms in total. The second-order valence-electron chi connectivity index (χ2n) is 4.10. The van der Waals surface area contributed by atoms with E-state index in [1.807, 2.05) is 14.0 Å². The summed E-state index contributed by atoms with van der Waals surface area (Å²) in [5.41, 5.74) is 2.27. The zero-order valence-electron chi connectivity index (χ0n) is 9.96. The van der Waals surface area contributed by atoms with Crippen LogP contribution in [0.2, 0.25) is 0 Å². The molecule has 0 saturated heterocycles. The van der Waals surface area contributed by atoms with Crippen LogP contribution in [0.5, 0.6) is 0 Å². The largest absolute Gasteiger partial charge is 0.395 e. The smallest absolute Gasteiger partial charge is 0.124 e. The minimum atomic E-state index is 0.168. The van der Waals surface area contributed by atoms with Gasteiger partial charge in [0.1, 0.15) is 5.01 Å². The van der Waals surface area contributed by atoms with Crippen LogP contribution in [-0.4, -0.2) is 34.7 Å². The van der Waals surface area contributed by atoms with Crippen LogP contribution in [0.1, 0.15) is 12.6 Å². The lowest BCUT2D eigenvalue weighted by molar-refractivity contribution is 0.153. The van der Waals surface area contributed by atoms with Crippen LogP contribution in [-0.2, 0) is 6.54 Å². The number of nitrogens with zero attached hydrogens (tertiary/aromatic N) is 2. The highest BCUT2D eigenvalue weighted by molar-refractivity contribution is 7.14. The Morgan fingerprint density at radius 2 is 2.29 bits per heavy atom. The first-order chi connectivity index (χ1) is 8.20. The van der Waals surface area contributed by atoms with E-state index in [4.69, 9.17) is 5.11 Å². The Morgan fingerprint density at radius 1 is 1.47 bits per heavy atom. The van der Waals surface area contributed by atoms with Gasteiger partial charge in [0.05, 0.1) is 12.3 Å². The van der Waals surface area contributed by atoms with Gasteiger partial charge in [-0.05, 0) is 25.4 Å². The molecule has 1 unspecified atom stereocenters. The van der Waals surface area contributed by atoms with Crippen molar-refractivity contribution in [2.75, 3.05) is 13.7 Å². The Kier molecular flexibility index (Phi) is 4.28. The number of hydrogen-bond donors (Lipinski definition) is 1. The van der Waals surface area contributed by atoms with E-state index in [-0.39, 0.29) is 12.6 Å². The predicted octanol–water partition coefficient (Wildman–Crippen LogP) is 2.68. The molecule has 2 rings (SSSR count). The SMILES string of the molecule is CC(CO)N(C)Cc1csc(-c2ccsc2)n1. The third kappa shape index (κ3) is 3.13. The average molecular weight is 268 g/mol. The molecule has 2 heterocycles. The summed E-state index contributed by atoms with van der Waals surface area (Å²) in [7, 11) is 2.00. The van der Waals surface area contributed by atoms with E-state index in [9.17, 15) is 0 Å². The molecule has 1 N–H and O–H groups in total. The van der Waals surface area contributed by atoms with Crippen molar-refractivity contribution in [3.05, 3.63) is 27.9 Å². The second-order valence-corrected chi connectivity index (χ2v) is 5.74. The van der Waals surface area contributed by atoms with Gasteiger partial charge < -0.3 is 5.11 Å². The molecule has 0 amide bonds. The van der Waals surface area contributed by atoms with Gasteiger partial charge in [-0.2, -0.15) is 11.3 Å². The summed E-state index contributed by atoms with van der Waals surface area (Å²) < 4.78 is 0. The molecule has 92 valence electrons. The van der Waals surface area contributed by atoms with Gasteiger partial charge >= 0.3 is 0 Å². The van der Waals surface area contributed by atoms with E-state index in [0.29, 0.717) is 0 Å². The lowest BCUT2D eigenvalue weighted by Gasteiger charge is -2.21. The predicted molar refractivity (Wildman–Crippen MR) is 73.4 cm³/mol. The maximum atomic E-state index is 9.08. The van der Waals surface area contributed by atoms with Crippen LogP contribution in [0.15, 0.2) is 22.2 Å². The Bertz CT molecular complexity index is 453. The van der Waals surface area contributed by atoms with E-state index >= 15 is 0 Å². The fraction of sp³-hybridized carbons (Fsp3) is 0.417. The van der Waals surface area contributed by atoms with Crippen LogP contribution in [0.4, 0.5) is 0 Å². The minimum Gasteiger partial charge on any atom is -0.395 e. The topological polar surface area (TPSA) is 36.4 Å². The van der Waals surface area contributed by atoms with Crippen molar-refractivity contribution in [3.8, 4) is 10.6 Å². The molecule has 0 aliphatic rings. The second kappa shape index (κ2) is 5.73. The molecular weight excluding hydrogens is 252 g/mol. The van der Waals surface area contributed by atoms with E-state index in [0.717, 1.165) is 17.2 Å². The van der Waals surface area contributed by atoms with E-state index < -0.39 is 0 Å². The molecule has 0 aliphatic carbocycles. The van der Waals surface area contributed by atoms with Gasteiger partial charge in [0.25, 0.3) is 0 Å². The van der Waals surface area contributed by atoms with E-state index in [1.165, 1.54) is 5.56 Å². The maximum absolute atomic E-state index is 9.08. The van der Waals surface area contributed by atoms with Gasteiger partial charge in [0, 0.05) is 28.9 Å². The van der Waals surface area contributed by atoms with Crippen molar-refractivity contribution in [2.24, 2.45) is 0 Å². The summed E-state index contributed by atoms with van der Waals surface area (Å²) in [4.78, 5) is 6.71. The molecule has 0 fully saturated rings. The zero-order valence-corrected chi connectivity index (χ0v) is 11.6. The molecule has 0 bridgehead atoms. The number of likely N-dealkylation sites (N-methyl/N-ethyl adjacent to an activating group) is 1. The zero-order chi connectivity index (χ0) is 12.3. The number of aliphatic hydroxyl groups excluding tert-OH is 1. The van der Waals surface area contributed by atoms with Gasteiger partial charge in [-0.3, -0.25) is 4.90 Å². The lowest BCUT2D eigenvalue weighted by atomic mass is 10.3. The Balaban J connectivity index is 2.04. The molecule has 1 atom stereocenters. The molecule has 0 aromatic carbocycles. The first-order valence-corrected chi connectivity index (χ1v) is 7.31. The lowest BCUT2D eigenvalue weighted by Crippen LogP contribution is -2.31. The third-order valence-electron chi connectivity index (χ3n) is 2.75. The molecule has 2 aromatic heterocycles. The number of thiophene rings is 1. The summed E-state index contributed by atoms with van der Waals surface area (Å²) in [5, 5.41) is 16.4. The maximum Gasteiger partial charge on any atom is 0.124 e. The molecule has 0 radical (unpaired) electrons. The van der Waals surface area contributed by atoms with E-state index in [2.05, 4.69) is 32.1 Å². The highest BCUT2D eigenvalue weighted by Gasteiger charge is 2.11. The highest BCUT2D eigenvalue weighted by Crippen LogP contribution is 2.26. The van der Waals surface area contributed by atoms with Crippen LogP contribution in [0.25, 0.3) is 10.6 Å². The standard InChI is InChI=1S/C12H16N2OS2/c1-9(6-15)14(2)5-11-8-17-12(13-11)10-3-4-16-7-10/h3-4,7-9,15H,5-6H2,1-2H3. The Labute approximate surface area is 109 Å². The van der Waals surface area contributed by atoms with Crippen molar-refractivity contribution in [2.45, 2.75) is 19.5 Å². The fourth-order valence-corrected chi connectivity index (χ4v) is 2.97. The summed E-state index contributed by atoms with van der Waals surface area (Å²) in [5.74, 6) is 0. The minimum absolute atomic E-state index is 0.168. The van der Waals surface area contributed by atoms with Gasteiger partial charge in [-0.1, -0.05) is 0 Å². The molecule has 0 spiro atoms. The summed E-state index contributed by atoms with van der Waals surface area (Å²) in [6.45, 7) is 2.96. The van der Waals surface area contributed by atoms with Crippen LogP contribution < -0.4 is 0 Å². The number of aliphatic hydroxyl groups is 1. The Hall–Kier alpha value is -0.750. The van der Waals surface area contributed by atoms with Crippen LogP contribution in [0.3, 0.4) is 0 Å². The van der Waals surface area contributed by atoms with Crippen molar-refractivity contribution in [3.63, 3.8) is 0 Å². The number of thiazole rings is 1. The van der Waals surface area contributed by atoms with E-state index in [1.54, 1.807) is 22.7 Å². The summed E-state index contributed by atoms with van der Waals surface area (Å²) >= 11 is 3.36.